The van der Waals surface area contributed by atoms with E-state index in [2.05, 4.69) is 38.2 Å². The van der Waals surface area contributed by atoms with Gasteiger partial charge in [0.15, 0.2) is 11.5 Å². The first-order valence-corrected chi connectivity index (χ1v) is 18.9. The number of carbonyl (C=O) groups excluding carboxylic acids is 2. The van der Waals surface area contributed by atoms with E-state index in [4.69, 9.17) is 18.9 Å². The molecule has 3 aromatic carbocycles. The third-order valence-electron chi connectivity index (χ3n) is 11.3. The third-order valence-corrected chi connectivity index (χ3v) is 11.3. The van der Waals surface area contributed by atoms with Crippen molar-refractivity contribution >= 4 is 11.9 Å². The van der Waals surface area contributed by atoms with Crippen LogP contribution in [0.25, 0.3) is 0 Å². The Hall–Kier alpha value is -4.22. The Morgan fingerprint density at radius 1 is 0.774 bits per heavy atom. The smallest absolute Gasteiger partial charge is 0.331 e. The van der Waals surface area contributed by atoms with E-state index in [9.17, 15) is 19.8 Å². The molecule has 3 aromatic rings. The Balaban J connectivity index is 1.12. The average molecular weight is 731 g/mol. The van der Waals surface area contributed by atoms with Crippen LogP contribution >= 0.6 is 0 Å². The molecule has 53 heavy (non-hydrogen) atoms. The van der Waals surface area contributed by atoms with E-state index < -0.39 is 11.9 Å². The average Bonchev–Trinajstić information content (AvgIpc) is 3.64. The molecule has 2 heterocycles. The van der Waals surface area contributed by atoms with E-state index in [-0.39, 0.29) is 25.9 Å². The molecule has 0 radical (unpaired) electrons. The maximum Gasteiger partial charge on any atom is 0.331 e. The van der Waals surface area contributed by atoms with Gasteiger partial charge in [-0.05, 0) is 47.4 Å². The number of nitrogens with zero attached hydrogens (tertiary/aromatic N) is 2. The van der Waals surface area contributed by atoms with Gasteiger partial charge in [-0.25, -0.2) is 9.59 Å². The number of carbonyl (C=O) groups is 2. The highest BCUT2D eigenvalue weighted by atomic mass is 16.5. The number of methoxy groups -OCH3 is 2. The monoisotopic (exact) mass is 730 g/mol. The standard InChI is InChI=1S/C43H58N2O8/c1-32-9-11-33(12-10-32)29-45(19-5-6-20-45)21-8-24-53-43(49)16-15-42(48)52-23-7-18-44(2)22-17-35-27-36(30-46)37(31-47)28-38(35)39(44)25-34-13-14-40(50-3)41(26-34)51-4/h9-16,26-28,39,46-47H,5-8,17-25,29-31H2,1-4H3/q+2/b16-15-/t39-,44-/m1/s1. The first kappa shape index (κ1) is 40.0. The molecule has 2 atom stereocenters. The van der Waals surface area contributed by atoms with Gasteiger partial charge in [0.1, 0.15) is 12.6 Å². The second-order valence-corrected chi connectivity index (χ2v) is 15.0. The molecule has 0 amide bonds. The Kier molecular flexibility index (Phi) is 14.1. The number of fused-ring (bicyclic) bond motifs is 1. The van der Waals surface area contributed by atoms with Crippen molar-refractivity contribution in [3.63, 3.8) is 0 Å². The molecule has 1 saturated heterocycles. The van der Waals surface area contributed by atoms with Crippen molar-refractivity contribution in [2.75, 3.05) is 67.2 Å². The van der Waals surface area contributed by atoms with Gasteiger partial charge in [-0.3, -0.25) is 0 Å². The van der Waals surface area contributed by atoms with E-state index in [1.54, 1.807) is 14.2 Å². The zero-order chi connectivity index (χ0) is 37.8. The summed E-state index contributed by atoms with van der Waals surface area (Å²) in [5, 5.41) is 20.1. The van der Waals surface area contributed by atoms with Crippen LogP contribution in [0.4, 0.5) is 0 Å². The van der Waals surface area contributed by atoms with Crippen molar-refractivity contribution in [3.8, 4) is 11.5 Å². The summed E-state index contributed by atoms with van der Waals surface area (Å²) in [7, 11) is 5.47. The molecule has 1 fully saturated rings. The van der Waals surface area contributed by atoms with E-state index in [1.165, 1.54) is 29.5 Å². The van der Waals surface area contributed by atoms with E-state index >= 15 is 0 Å². The second-order valence-electron chi connectivity index (χ2n) is 15.0. The fourth-order valence-electron chi connectivity index (χ4n) is 8.23. The fraction of sp³-hybridized carbons (Fsp3) is 0.488. The first-order chi connectivity index (χ1) is 25.6. The third kappa shape index (κ3) is 10.5. The molecule has 10 heteroatoms. The minimum Gasteiger partial charge on any atom is -0.493 e. The molecule has 2 aliphatic rings. The SMILES string of the molecule is COc1ccc(C[C@@H]2c3cc(CO)c(CO)cc3CC[N@@+]2(C)CCCOC(=O)/C=C\C(=O)OCCC[N+]2(Cc3ccc(C)cc3)CCCC2)cc1OC. The number of aliphatic hydroxyl groups excluding tert-OH is 2. The molecule has 0 aromatic heterocycles. The molecule has 0 aliphatic carbocycles. The van der Waals surface area contributed by atoms with E-state index in [0.717, 1.165) is 91.0 Å². The van der Waals surface area contributed by atoms with Crippen molar-refractivity contribution in [2.45, 2.75) is 71.2 Å². The summed E-state index contributed by atoms with van der Waals surface area (Å²) in [6, 6.07) is 18.9. The molecule has 0 unspecified atom stereocenters. The number of aryl methyl sites for hydroxylation is 1. The zero-order valence-electron chi connectivity index (χ0n) is 32.0. The van der Waals surface area contributed by atoms with Crippen LogP contribution in [-0.2, 0) is 51.7 Å². The van der Waals surface area contributed by atoms with Crippen LogP contribution in [0, 0.1) is 6.92 Å². The normalized spacial score (nSPS) is 19.2. The van der Waals surface area contributed by atoms with Gasteiger partial charge in [0, 0.05) is 61.8 Å². The van der Waals surface area contributed by atoms with Crippen molar-refractivity contribution in [1.82, 2.24) is 0 Å². The second kappa shape index (κ2) is 18.7. The summed E-state index contributed by atoms with van der Waals surface area (Å²) in [6.07, 6.45) is 7.69. The summed E-state index contributed by atoms with van der Waals surface area (Å²) in [5.74, 6) is 0.219. The van der Waals surface area contributed by atoms with E-state index in [1.807, 2.05) is 30.3 Å². The Morgan fingerprint density at radius 2 is 1.38 bits per heavy atom. The van der Waals surface area contributed by atoms with Gasteiger partial charge in [-0.2, -0.15) is 0 Å². The molecule has 2 N–H and O–H groups in total. The van der Waals surface area contributed by atoms with Crippen molar-refractivity contribution in [3.05, 3.63) is 106 Å². The van der Waals surface area contributed by atoms with Crippen LogP contribution in [0.2, 0.25) is 0 Å². The summed E-state index contributed by atoms with van der Waals surface area (Å²) in [5.41, 5.74) is 7.50. The zero-order valence-corrected chi connectivity index (χ0v) is 32.0. The number of esters is 2. The molecule has 0 saturated carbocycles. The molecule has 2 aliphatic heterocycles. The van der Waals surface area contributed by atoms with Crippen LogP contribution in [0.15, 0.2) is 66.7 Å². The topological polar surface area (TPSA) is 112 Å². The highest BCUT2D eigenvalue weighted by Gasteiger charge is 2.39. The Bertz CT molecular complexity index is 1720. The molecular weight excluding hydrogens is 672 g/mol. The number of aliphatic hydroxyl groups is 2. The molecule has 286 valence electrons. The largest absolute Gasteiger partial charge is 0.493 e. The van der Waals surface area contributed by atoms with E-state index in [0.29, 0.717) is 35.4 Å². The highest BCUT2D eigenvalue weighted by Crippen LogP contribution is 2.40. The summed E-state index contributed by atoms with van der Waals surface area (Å²) >= 11 is 0. The lowest BCUT2D eigenvalue weighted by Crippen LogP contribution is -2.52. The number of ether oxygens (including phenoxy) is 4. The van der Waals surface area contributed by atoms with Crippen molar-refractivity contribution in [1.29, 1.82) is 0 Å². The summed E-state index contributed by atoms with van der Waals surface area (Å²) < 4.78 is 23.7. The van der Waals surface area contributed by atoms with Gasteiger partial charge in [0.2, 0.25) is 0 Å². The predicted molar refractivity (Wildman–Crippen MR) is 203 cm³/mol. The number of likely N-dealkylation sites (N-methyl/N-ethyl adjacent to an activating group) is 1. The van der Waals surface area contributed by atoms with Crippen LogP contribution in [0.1, 0.15) is 70.7 Å². The van der Waals surface area contributed by atoms with Crippen LogP contribution in [-0.4, -0.2) is 98.3 Å². The molecule has 10 nitrogen and oxygen atoms in total. The van der Waals surface area contributed by atoms with Gasteiger partial charge >= 0.3 is 11.9 Å². The number of rotatable bonds is 18. The van der Waals surface area contributed by atoms with Gasteiger partial charge < -0.3 is 38.1 Å². The molecule has 0 bridgehead atoms. The van der Waals surface area contributed by atoms with Gasteiger partial charge in [-0.1, -0.05) is 42.0 Å². The van der Waals surface area contributed by atoms with Crippen molar-refractivity contribution in [2.24, 2.45) is 0 Å². The van der Waals surface area contributed by atoms with Gasteiger partial charge in [-0.15, -0.1) is 0 Å². The van der Waals surface area contributed by atoms with Crippen LogP contribution in [0.5, 0.6) is 11.5 Å². The maximum atomic E-state index is 12.5. The number of hydrogen-bond acceptors (Lipinski definition) is 8. The van der Waals surface area contributed by atoms with Crippen LogP contribution in [0.3, 0.4) is 0 Å². The summed E-state index contributed by atoms with van der Waals surface area (Å²) in [6.45, 7) is 8.22. The number of likely N-dealkylation sites (tertiary alicyclic amines) is 1. The molecule has 0 spiro atoms. The summed E-state index contributed by atoms with van der Waals surface area (Å²) in [4.78, 5) is 24.9. The maximum absolute atomic E-state index is 12.5. The minimum absolute atomic E-state index is 0.0465. The van der Waals surface area contributed by atoms with Crippen molar-refractivity contribution < 1.29 is 47.7 Å². The number of quaternary nitrogens is 2. The lowest BCUT2D eigenvalue weighted by atomic mass is 9.84. The number of benzene rings is 3. The van der Waals surface area contributed by atoms with Crippen LogP contribution < -0.4 is 9.47 Å². The van der Waals surface area contributed by atoms with Gasteiger partial charge in [0.25, 0.3) is 0 Å². The predicted octanol–water partition coefficient (Wildman–Crippen LogP) is 5.52. The minimum atomic E-state index is -0.570. The lowest BCUT2D eigenvalue weighted by molar-refractivity contribution is -0.941. The first-order valence-electron chi connectivity index (χ1n) is 18.9. The fourth-order valence-corrected chi connectivity index (χ4v) is 8.23. The lowest BCUT2D eigenvalue weighted by Gasteiger charge is -2.46. The highest BCUT2D eigenvalue weighted by molar-refractivity contribution is 5.91. The van der Waals surface area contributed by atoms with Gasteiger partial charge in [0.05, 0.1) is 80.4 Å². The molecular formula is C43H58N2O8+2. The Labute approximate surface area is 314 Å². The number of hydrogen-bond donors (Lipinski definition) is 2. The Morgan fingerprint density at radius 3 is 2.00 bits per heavy atom. The quantitative estimate of drug-likeness (QED) is 0.0763. The molecule has 5 rings (SSSR count).